The Labute approximate surface area is 55.5 Å². The number of alkyl halides is 1. The molecule has 0 aliphatic heterocycles. The van der Waals surface area contributed by atoms with Crippen LogP contribution in [-0.4, -0.2) is 5.88 Å². The van der Waals surface area contributed by atoms with Crippen LogP contribution in [0.4, 0.5) is 0 Å². The van der Waals surface area contributed by atoms with Crippen LogP contribution in [0.15, 0.2) is 12.2 Å². The van der Waals surface area contributed by atoms with Crippen LogP contribution in [0.25, 0.3) is 0 Å². The van der Waals surface area contributed by atoms with E-state index in [0.717, 1.165) is 5.92 Å². The lowest BCUT2D eigenvalue weighted by molar-refractivity contribution is 0.387. The Balaban J connectivity index is 2.08. The van der Waals surface area contributed by atoms with Gasteiger partial charge in [-0.3, -0.25) is 0 Å². The molecule has 46 valence electrons. The van der Waals surface area contributed by atoms with Crippen molar-refractivity contribution in [1.82, 2.24) is 0 Å². The highest BCUT2D eigenvalue weighted by molar-refractivity contribution is 6.18. The summed E-state index contributed by atoms with van der Waals surface area (Å²) in [5.41, 5.74) is 0. The molecule has 0 aromatic carbocycles. The van der Waals surface area contributed by atoms with Crippen LogP contribution in [0.3, 0.4) is 0 Å². The second kappa shape index (κ2) is 3.13. The summed E-state index contributed by atoms with van der Waals surface area (Å²) in [6.07, 6.45) is 8.46. The summed E-state index contributed by atoms with van der Waals surface area (Å²) >= 11 is 5.44. The van der Waals surface area contributed by atoms with Crippen molar-refractivity contribution in [3.63, 3.8) is 0 Å². The zero-order valence-corrected chi connectivity index (χ0v) is 5.69. The number of hydrogen-bond donors (Lipinski definition) is 0. The Morgan fingerprint density at radius 1 is 1.50 bits per heavy atom. The van der Waals surface area contributed by atoms with Gasteiger partial charge in [-0.2, -0.15) is 0 Å². The molecule has 0 saturated heterocycles. The van der Waals surface area contributed by atoms with E-state index >= 15 is 0 Å². The van der Waals surface area contributed by atoms with Gasteiger partial charge in [0.15, 0.2) is 0 Å². The molecule has 0 heterocycles. The van der Waals surface area contributed by atoms with Crippen LogP contribution in [0.2, 0.25) is 0 Å². The topological polar surface area (TPSA) is 0 Å². The average molecular weight is 131 g/mol. The standard InChI is InChI=1S/C7H11Cl/c8-6-2-5-7-3-1-4-7/h2,5,7H,1,3-4,6H2/b5-2+. The van der Waals surface area contributed by atoms with E-state index in [1.54, 1.807) is 0 Å². The number of allylic oxidation sites excluding steroid dienone is 2. The Morgan fingerprint density at radius 3 is 2.62 bits per heavy atom. The van der Waals surface area contributed by atoms with Gasteiger partial charge >= 0.3 is 0 Å². The summed E-state index contributed by atoms with van der Waals surface area (Å²) in [5, 5.41) is 0. The third kappa shape index (κ3) is 1.52. The van der Waals surface area contributed by atoms with E-state index in [0.29, 0.717) is 5.88 Å². The number of halogens is 1. The molecule has 1 saturated carbocycles. The lowest BCUT2D eigenvalue weighted by Gasteiger charge is -2.20. The van der Waals surface area contributed by atoms with Crippen molar-refractivity contribution in [3.8, 4) is 0 Å². The summed E-state index contributed by atoms with van der Waals surface area (Å²) in [6, 6.07) is 0. The van der Waals surface area contributed by atoms with Crippen molar-refractivity contribution in [2.24, 2.45) is 5.92 Å². The first-order valence-electron chi connectivity index (χ1n) is 3.16. The minimum Gasteiger partial charge on any atom is -0.122 e. The van der Waals surface area contributed by atoms with Gasteiger partial charge in [0.25, 0.3) is 0 Å². The Hall–Kier alpha value is 0.0300. The van der Waals surface area contributed by atoms with Gasteiger partial charge in [0, 0.05) is 5.88 Å². The minimum atomic E-state index is 0.677. The molecular formula is C7H11Cl. The summed E-state index contributed by atoms with van der Waals surface area (Å²) in [6.45, 7) is 0. The van der Waals surface area contributed by atoms with Gasteiger partial charge in [-0.1, -0.05) is 18.6 Å². The summed E-state index contributed by atoms with van der Waals surface area (Å²) < 4.78 is 0. The molecule has 0 N–H and O–H groups in total. The molecule has 0 bridgehead atoms. The fraction of sp³-hybridized carbons (Fsp3) is 0.714. The zero-order valence-electron chi connectivity index (χ0n) is 4.94. The first-order chi connectivity index (χ1) is 3.93. The van der Waals surface area contributed by atoms with Crippen molar-refractivity contribution in [2.75, 3.05) is 5.88 Å². The third-order valence-electron chi connectivity index (χ3n) is 1.65. The van der Waals surface area contributed by atoms with Crippen molar-refractivity contribution in [1.29, 1.82) is 0 Å². The second-order valence-electron chi connectivity index (χ2n) is 2.27. The van der Waals surface area contributed by atoms with E-state index in [2.05, 4.69) is 6.08 Å². The first-order valence-corrected chi connectivity index (χ1v) is 3.69. The van der Waals surface area contributed by atoms with Crippen LogP contribution in [-0.2, 0) is 0 Å². The molecule has 1 fully saturated rings. The van der Waals surface area contributed by atoms with Gasteiger partial charge in [0.2, 0.25) is 0 Å². The zero-order chi connectivity index (χ0) is 5.82. The van der Waals surface area contributed by atoms with Gasteiger partial charge in [-0.25, -0.2) is 0 Å². The van der Waals surface area contributed by atoms with Crippen molar-refractivity contribution < 1.29 is 0 Å². The van der Waals surface area contributed by atoms with Crippen LogP contribution < -0.4 is 0 Å². The lowest BCUT2D eigenvalue weighted by atomic mass is 9.85. The quantitative estimate of drug-likeness (QED) is 0.398. The maximum atomic E-state index is 5.44. The highest BCUT2D eigenvalue weighted by Crippen LogP contribution is 2.27. The molecule has 1 heteroatoms. The van der Waals surface area contributed by atoms with Crippen molar-refractivity contribution in [3.05, 3.63) is 12.2 Å². The van der Waals surface area contributed by atoms with E-state index in [9.17, 15) is 0 Å². The van der Waals surface area contributed by atoms with Gasteiger partial charge in [0.05, 0.1) is 0 Å². The van der Waals surface area contributed by atoms with E-state index in [-0.39, 0.29) is 0 Å². The maximum Gasteiger partial charge on any atom is 0.0404 e. The van der Waals surface area contributed by atoms with Crippen LogP contribution in [0, 0.1) is 5.92 Å². The monoisotopic (exact) mass is 130 g/mol. The molecule has 0 aromatic rings. The predicted molar refractivity (Wildman–Crippen MR) is 37.2 cm³/mol. The Bertz CT molecular complexity index is 82.4. The molecule has 0 amide bonds. The minimum absolute atomic E-state index is 0.677. The molecule has 0 aromatic heterocycles. The third-order valence-corrected chi connectivity index (χ3v) is 1.83. The van der Waals surface area contributed by atoms with Crippen molar-refractivity contribution in [2.45, 2.75) is 19.3 Å². The van der Waals surface area contributed by atoms with E-state index in [1.165, 1.54) is 19.3 Å². The molecular weight excluding hydrogens is 120 g/mol. The Kier molecular flexibility index (Phi) is 2.41. The highest BCUT2D eigenvalue weighted by Gasteiger charge is 2.12. The molecule has 0 radical (unpaired) electrons. The molecule has 0 nitrogen and oxygen atoms in total. The second-order valence-corrected chi connectivity index (χ2v) is 2.58. The molecule has 8 heavy (non-hydrogen) atoms. The van der Waals surface area contributed by atoms with Crippen molar-refractivity contribution >= 4 is 11.6 Å². The number of rotatable bonds is 2. The van der Waals surface area contributed by atoms with Crippen LogP contribution >= 0.6 is 11.6 Å². The lowest BCUT2D eigenvalue weighted by Crippen LogP contribution is -2.06. The largest absolute Gasteiger partial charge is 0.122 e. The van der Waals surface area contributed by atoms with Crippen LogP contribution in [0.1, 0.15) is 19.3 Å². The molecule has 0 unspecified atom stereocenters. The SMILES string of the molecule is ClC/C=C/C1CCC1. The van der Waals surface area contributed by atoms with E-state index in [1.807, 2.05) is 6.08 Å². The average Bonchev–Trinajstić information content (AvgIpc) is 1.63. The van der Waals surface area contributed by atoms with E-state index in [4.69, 9.17) is 11.6 Å². The summed E-state index contributed by atoms with van der Waals surface area (Å²) in [4.78, 5) is 0. The molecule has 0 spiro atoms. The molecule has 1 rings (SSSR count). The van der Waals surface area contributed by atoms with Gasteiger partial charge in [-0.05, 0) is 18.8 Å². The fourth-order valence-corrected chi connectivity index (χ4v) is 0.979. The molecule has 1 aliphatic carbocycles. The first kappa shape index (κ1) is 6.15. The smallest absolute Gasteiger partial charge is 0.0404 e. The summed E-state index contributed by atoms with van der Waals surface area (Å²) in [7, 11) is 0. The fourth-order valence-electron chi connectivity index (χ4n) is 0.876. The number of hydrogen-bond acceptors (Lipinski definition) is 0. The maximum absolute atomic E-state index is 5.44. The van der Waals surface area contributed by atoms with Gasteiger partial charge in [-0.15, -0.1) is 11.6 Å². The highest BCUT2D eigenvalue weighted by atomic mass is 35.5. The molecule has 1 aliphatic rings. The van der Waals surface area contributed by atoms with Gasteiger partial charge in [0.1, 0.15) is 0 Å². The normalized spacial score (nSPS) is 21.6. The summed E-state index contributed by atoms with van der Waals surface area (Å²) in [5.74, 6) is 1.55. The van der Waals surface area contributed by atoms with E-state index < -0.39 is 0 Å². The predicted octanol–water partition coefficient (Wildman–Crippen LogP) is 2.58. The Morgan fingerprint density at radius 2 is 2.25 bits per heavy atom. The van der Waals surface area contributed by atoms with Gasteiger partial charge < -0.3 is 0 Å². The molecule has 0 atom stereocenters. The van der Waals surface area contributed by atoms with Crippen LogP contribution in [0.5, 0.6) is 0 Å².